The number of fused-ring (bicyclic) bond motifs is 3. The van der Waals surface area contributed by atoms with Gasteiger partial charge in [-0.25, -0.2) is 15.0 Å². The van der Waals surface area contributed by atoms with Crippen LogP contribution in [0.25, 0.3) is 67.5 Å². The van der Waals surface area contributed by atoms with Gasteiger partial charge in [-0.05, 0) is 50.6 Å². The van der Waals surface area contributed by atoms with Crippen molar-refractivity contribution in [3.8, 4) is 67.5 Å². The van der Waals surface area contributed by atoms with Gasteiger partial charge >= 0.3 is 0 Å². The van der Waals surface area contributed by atoms with Crippen molar-refractivity contribution >= 4 is 0 Å². The molecule has 214 valence electrons. The Morgan fingerprint density at radius 1 is 0.356 bits per heavy atom. The number of hydrogen-bond acceptors (Lipinski definition) is 3. The molecule has 0 amide bonds. The Bertz CT molecular complexity index is 2110. The van der Waals surface area contributed by atoms with Gasteiger partial charge in [-0.3, -0.25) is 0 Å². The van der Waals surface area contributed by atoms with Crippen molar-refractivity contribution in [1.82, 2.24) is 15.0 Å². The van der Waals surface area contributed by atoms with Gasteiger partial charge in [-0.15, -0.1) is 0 Å². The van der Waals surface area contributed by atoms with Crippen LogP contribution in [0.3, 0.4) is 0 Å². The van der Waals surface area contributed by atoms with Gasteiger partial charge in [0.05, 0.1) is 0 Å². The lowest BCUT2D eigenvalue weighted by molar-refractivity contribution is 0.660. The number of aromatic nitrogens is 3. The van der Waals surface area contributed by atoms with Crippen molar-refractivity contribution in [1.29, 1.82) is 0 Å². The standard InChI is InChI=1S/C42H31N3/c1-42(2)35-24-13-12-23-34(35)38-36(42)26-25-33(37(38)28-15-6-3-7-16-28)31-21-14-22-32(27-31)41-44-39(29-17-8-4-9-18-29)43-40(45-41)30-19-10-5-11-20-30/h3-27H,1-2H3. The number of nitrogens with zero attached hydrogens (tertiary/aromatic N) is 3. The van der Waals surface area contributed by atoms with Crippen LogP contribution in [0.4, 0.5) is 0 Å². The first-order valence-corrected chi connectivity index (χ1v) is 15.4. The smallest absolute Gasteiger partial charge is 0.164 e. The molecule has 7 aromatic rings. The molecule has 6 aromatic carbocycles. The first-order valence-electron chi connectivity index (χ1n) is 15.4. The molecule has 8 rings (SSSR count). The molecule has 1 heterocycles. The van der Waals surface area contributed by atoms with Gasteiger partial charge < -0.3 is 0 Å². The van der Waals surface area contributed by atoms with E-state index < -0.39 is 0 Å². The summed E-state index contributed by atoms with van der Waals surface area (Å²) < 4.78 is 0. The molecule has 1 aromatic heterocycles. The monoisotopic (exact) mass is 577 g/mol. The van der Waals surface area contributed by atoms with Crippen molar-refractivity contribution in [2.24, 2.45) is 0 Å². The molecule has 0 radical (unpaired) electrons. The first-order chi connectivity index (χ1) is 22.1. The van der Waals surface area contributed by atoms with E-state index in [0.29, 0.717) is 17.5 Å². The van der Waals surface area contributed by atoms with E-state index in [2.05, 4.69) is 105 Å². The summed E-state index contributed by atoms with van der Waals surface area (Å²) in [5.41, 5.74) is 12.9. The molecule has 0 aliphatic heterocycles. The third kappa shape index (κ3) is 4.65. The zero-order chi connectivity index (χ0) is 30.4. The minimum absolute atomic E-state index is 0.0810. The van der Waals surface area contributed by atoms with Crippen LogP contribution in [-0.2, 0) is 5.41 Å². The summed E-state index contributed by atoms with van der Waals surface area (Å²) >= 11 is 0. The average Bonchev–Trinajstić information content (AvgIpc) is 3.35. The number of rotatable bonds is 5. The van der Waals surface area contributed by atoms with E-state index in [1.165, 1.54) is 38.9 Å². The summed E-state index contributed by atoms with van der Waals surface area (Å²) in [7, 11) is 0. The van der Waals surface area contributed by atoms with Crippen molar-refractivity contribution in [2.75, 3.05) is 0 Å². The van der Waals surface area contributed by atoms with Crippen molar-refractivity contribution < 1.29 is 0 Å². The van der Waals surface area contributed by atoms with Crippen molar-refractivity contribution in [3.63, 3.8) is 0 Å². The van der Waals surface area contributed by atoms with E-state index in [-0.39, 0.29) is 5.41 Å². The fourth-order valence-corrected chi connectivity index (χ4v) is 6.70. The predicted molar refractivity (Wildman–Crippen MR) is 185 cm³/mol. The zero-order valence-electron chi connectivity index (χ0n) is 25.3. The molecule has 1 aliphatic carbocycles. The SMILES string of the molecule is CC1(C)c2ccccc2-c2c1ccc(-c1cccc(-c3nc(-c4ccccc4)nc(-c4ccccc4)n3)c1)c2-c1ccccc1. The maximum atomic E-state index is 5.00. The topological polar surface area (TPSA) is 38.7 Å². The molecule has 0 saturated carbocycles. The van der Waals surface area contributed by atoms with E-state index in [1.54, 1.807) is 0 Å². The fraction of sp³-hybridized carbons (Fsp3) is 0.0714. The summed E-state index contributed by atoms with van der Waals surface area (Å²) in [6.45, 7) is 4.67. The summed E-state index contributed by atoms with van der Waals surface area (Å²) in [4.78, 5) is 14.9. The van der Waals surface area contributed by atoms with E-state index in [0.717, 1.165) is 22.3 Å². The molecule has 0 unspecified atom stereocenters. The average molecular weight is 578 g/mol. The summed E-state index contributed by atoms with van der Waals surface area (Å²) in [5, 5.41) is 0. The molecule has 1 aliphatic rings. The first kappa shape index (κ1) is 26.9. The highest BCUT2D eigenvalue weighted by atomic mass is 15.0. The largest absolute Gasteiger partial charge is 0.208 e. The van der Waals surface area contributed by atoms with Crippen LogP contribution in [0.5, 0.6) is 0 Å². The maximum absolute atomic E-state index is 5.00. The van der Waals surface area contributed by atoms with E-state index in [9.17, 15) is 0 Å². The molecule has 0 saturated heterocycles. The van der Waals surface area contributed by atoms with Gasteiger partial charge in [-0.1, -0.05) is 159 Å². The molecule has 3 heteroatoms. The fourth-order valence-electron chi connectivity index (χ4n) is 6.70. The highest BCUT2D eigenvalue weighted by Gasteiger charge is 2.37. The normalized spacial score (nSPS) is 12.8. The lowest BCUT2D eigenvalue weighted by Gasteiger charge is -2.23. The summed E-state index contributed by atoms with van der Waals surface area (Å²) in [6.07, 6.45) is 0. The van der Waals surface area contributed by atoms with Gasteiger partial charge in [0.15, 0.2) is 17.5 Å². The summed E-state index contributed by atoms with van der Waals surface area (Å²) in [5.74, 6) is 1.97. The van der Waals surface area contributed by atoms with Crippen LogP contribution in [0.1, 0.15) is 25.0 Å². The molecule has 0 N–H and O–H groups in total. The molecule has 3 nitrogen and oxygen atoms in total. The molecule has 45 heavy (non-hydrogen) atoms. The van der Waals surface area contributed by atoms with Gasteiger partial charge in [0.25, 0.3) is 0 Å². The highest BCUT2D eigenvalue weighted by molar-refractivity contribution is 6.00. The third-order valence-electron chi connectivity index (χ3n) is 8.94. The number of benzene rings is 6. The number of hydrogen-bond donors (Lipinski definition) is 0. The van der Waals surface area contributed by atoms with Crippen LogP contribution in [0.2, 0.25) is 0 Å². The molecule has 0 fully saturated rings. The highest BCUT2D eigenvalue weighted by Crippen LogP contribution is 2.54. The van der Waals surface area contributed by atoms with E-state index in [4.69, 9.17) is 15.0 Å². The van der Waals surface area contributed by atoms with Crippen molar-refractivity contribution in [2.45, 2.75) is 19.3 Å². The van der Waals surface area contributed by atoms with Crippen LogP contribution in [-0.4, -0.2) is 15.0 Å². The van der Waals surface area contributed by atoms with Crippen LogP contribution in [0.15, 0.2) is 152 Å². The Labute approximate surface area is 264 Å². The second-order valence-electron chi connectivity index (χ2n) is 12.1. The van der Waals surface area contributed by atoms with Gasteiger partial charge in [0, 0.05) is 22.1 Å². The van der Waals surface area contributed by atoms with Gasteiger partial charge in [-0.2, -0.15) is 0 Å². The van der Waals surface area contributed by atoms with Gasteiger partial charge in [0.2, 0.25) is 0 Å². The lowest BCUT2D eigenvalue weighted by atomic mass is 9.80. The molecular formula is C42H31N3. The second kappa shape index (κ2) is 10.8. The maximum Gasteiger partial charge on any atom is 0.164 e. The predicted octanol–water partition coefficient (Wildman–Crippen LogP) is 10.5. The second-order valence-corrected chi connectivity index (χ2v) is 12.1. The quantitative estimate of drug-likeness (QED) is 0.204. The van der Waals surface area contributed by atoms with Crippen LogP contribution < -0.4 is 0 Å². The minimum Gasteiger partial charge on any atom is -0.208 e. The van der Waals surface area contributed by atoms with E-state index in [1.807, 2.05) is 60.7 Å². The Hall–Kier alpha value is -5.67. The van der Waals surface area contributed by atoms with Crippen molar-refractivity contribution in [3.05, 3.63) is 163 Å². The van der Waals surface area contributed by atoms with E-state index >= 15 is 0 Å². The van der Waals surface area contributed by atoms with Crippen LogP contribution >= 0.6 is 0 Å². The Morgan fingerprint density at radius 3 is 1.47 bits per heavy atom. The molecular weight excluding hydrogens is 546 g/mol. The molecule has 0 spiro atoms. The molecule has 0 bridgehead atoms. The van der Waals surface area contributed by atoms with Gasteiger partial charge in [0.1, 0.15) is 0 Å². The lowest BCUT2D eigenvalue weighted by Crippen LogP contribution is -2.14. The molecule has 0 atom stereocenters. The zero-order valence-corrected chi connectivity index (χ0v) is 25.3. The summed E-state index contributed by atoms with van der Waals surface area (Å²) in [6, 6.07) is 53.1. The third-order valence-corrected chi connectivity index (χ3v) is 8.94. The Kier molecular flexibility index (Phi) is 6.46. The van der Waals surface area contributed by atoms with Crippen LogP contribution in [0, 0.1) is 0 Å². The Morgan fingerprint density at radius 2 is 0.844 bits per heavy atom. The minimum atomic E-state index is -0.0810. The Balaban J connectivity index is 1.34.